The van der Waals surface area contributed by atoms with E-state index in [0.29, 0.717) is 5.56 Å². The summed E-state index contributed by atoms with van der Waals surface area (Å²) < 4.78 is 38.9. The minimum absolute atomic E-state index is 0.199. The smallest absolute Gasteiger partial charge is 0.207 e. The maximum atomic E-state index is 13.1. The molecular weight excluding hydrogens is 177 g/mol. The summed E-state index contributed by atoms with van der Waals surface area (Å²) in [6.07, 6.45) is -0.762. The van der Waals surface area contributed by atoms with E-state index in [0.717, 1.165) is 5.56 Å². The SMILES string of the molecule is Cc1ccc(F)c2c1CC(F)(F)C2. The molecule has 0 aromatic heterocycles. The Balaban J connectivity index is 2.56. The van der Waals surface area contributed by atoms with Gasteiger partial charge in [-0.05, 0) is 29.7 Å². The van der Waals surface area contributed by atoms with Crippen LogP contribution in [-0.2, 0) is 12.8 Å². The molecule has 0 saturated heterocycles. The molecule has 0 radical (unpaired) electrons. The predicted octanol–water partition coefficient (Wildman–Crippen LogP) is 2.87. The molecule has 0 heterocycles. The summed E-state index contributed by atoms with van der Waals surface area (Å²) in [5.41, 5.74) is 1.45. The van der Waals surface area contributed by atoms with Crippen LogP contribution in [0.2, 0.25) is 0 Å². The molecule has 0 nitrogen and oxygen atoms in total. The maximum absolute atomic E-state index is 13.1. The van der Waals surface area contributed by atoms with E-state index in [9.17, 15) is 13.2 Å². The highest BCUT2D eigenvalue weighted by Crippen LogP contribution is 2.37. The van der Waals surface area contributed by atoms with Crippen LogP contribution in [0.25, 0.3) is 0 Å². The first-order valence-electron chi connectivity index (χ1n) is 4.14. The van der Waals surface area contributed by atoms with Crippen molar-refractivity contribution < 1.29 is 13.2 Å². The summed E-state index contributed by atoms with van der Waals surface area (Å²) in [5, 5.41) is 0. The Hall–Kier alpha value is -0.990. The lowest BCUT2D eigenvalue weighted by Gasteiger charge is -2.04. The number of fused-ring (bicyclic) bond motifs is 1. The third-order valence-electron chi connectivity index (χ3n) is 2.48. The summed E-state index contributed by atoms with van der Waals surface area (Å²) in [6, 6.07) is 2.81. The van der Waals surface area contributed by atoms with Gasteiger partial charge in [0.1, 0.15) is 5.82 Å². The quantitative estimate of drug-likeness (QED) is 0.584. The standard InChI is InChI=1S/C10H9F3/c1-6-2-3-9(11)8-5-10(12,13)4-7(6)8/h2-3H,4-5H2,1H3. The molecule has 0 unspecified atom stereocenters. The van der Waals surface area contributed by atoms with Crippen molar-refractivity contribution in [2.75, 3.05) is 0 Å². The zero-order valence-corrected chi connectivity index (χ0v) is 7.20. The molecule has 3 heteroatoms. The van der Waals surface area contributed by atoms with Gasteiger partial charge in [-0.2, -0.15) is 0 Å². The molecule has 0 bridgehead atoms. The van der Waals surface area contributed by atoms with E-state index in [1.165, 1.54) is 6.07 Å². The lowest BCUT2D eigenvalue weighted by molar-refractivity contribution is 0.0125. The van der Waals surface area contributed by atoms with Crippen LogP contribution in [0.5, 0.6) is 0 Å². The number of aryl methyl sites for hydroxylation is 1. The number of halogens is 3. The van der Waals surface area contributed by atoms with Crippen molar-refractivity contribution in [3.05, 3.63) is 34.6 Å². The van der Waals surface area contributed by atoms with E-state index in [2.05, 4.69) is 0 Å². The molecular formula is C10H9F3. The molecule has 2 rings (SSSR count). The van der Waals surface area contributed by atoms with Crippen molar-refractivity contribution >= 4 is 0 Å². The monoisotopic (exact) mass is 186 g/mol. The molecule has 0 aliphatic heterocycles. The molecule has 0 saturated carbocycles. The first kappa shape index (κ1) is 8.60. The molecule has 13 heavy (non-hydrogen) atoms. The van der Waals surface area contributed by atoms with Gasteiger partial charge in [-0.1, -0.05) is 6.07 Å². The second-order valence-corrected chi connectivity index (χ2v) is 3.53. The van der Waals surface area contributed by atoms with Gasteiger partial charge in [0.05, 0.1) is 0 Å². The molecule has 1 aromatic rings. The summed E-state index contributed by atoms with van der Waals surface area (Å²) in [5.74, 6) is -3.26. The van der Waals surface area contributed by atoms with Crippen LogP contribution in [0, 0.1) is 12.7 Å². The van der Waals surface area contributed by atoms with Gasteiger partial charge in [-0.15, -0.1) is 0 Å². The molecule has 70 valence electrons. The van der Waals surface area contributed by atoms with Crippen molar-refractivity contribution in [2.24, 2.45) is 0 Å². The molecule has 1 aliphatic rings. The van der Waals surface area contributed by atoms with Crippen LogP contribution >= 0.6 is 0 Å². The Morgan fingerprint density at radius 1 is 1.15 bits per heavy atom. The van der Waals surface area contributed by atoms with Crippen molar-refractivity contribution in [1.29, 1.82) is 0 Å². The van der Waals surface area contributed by atoms with Gasteiger partial charge in [-0.3, -0.25) is 0 Å². The summed E-state index contributed by atoms with van der Waals surface area (Å²) >= 11 is 0. The van der Waals surface area contributed by atoms with Crippen molar-refractivity contribution in [3.63, 3.8) is 0 Å². The Morgan fingerprint density at radius 2 is 1.77 bits per heavy atom. The number of rotatable bonds is 0. The lowest BCUT2D eigenvalue weighted by atomic mass is 10.0. The molecule has 0 fully saturated rings. The Morgan fingerprint density at radius 3 is 2.38 bits per heavy atom. The van der Waals surface area contributed by atoms with Crippen molar-refractivity contribution in [1.82, 2.24) is 0 Å². The molecule has 0 N–H and O–H groups in total. The average Bonchev–Trinajstić information content (AvgIpc) is 2.35. The van der Waals surface area contributed by atoms with Gasteiger partial charge in [0.15, 0.2) is 0 Å². The van der Waals surface area contributed by atoms with E-state index in [4.69, 9.17) is 0 Å². The van der Waals surface area contributed by atoms with Gasteiger partial charge in [-0.25, -0.2) is 13.2 Å². The first-order valence-corrected chi connectivity index (χ1v) is 4.14. The number of alkyl halides is 2. The number of hydrogen-bond acceptors (Lipinski definition) is 0. The fraction of sp³-hybridized carbons (Fsp3) is 0.400. The highest BCUT2D eigenvalue weighted by atomic mass is 19.3. The van der Waals surface area contributed by atoms with Crippen LogP contribution in [0.4, 0.5) is 13.2 Å². The highest BCUT2D eigenvalue weighted by Gasteiger charge is 2.39. The minimum Gasteiger partial charge on any atom is -0.207 e. The third-order valence-corrected chi connectivity index (χ3v) is 2.48. The van der Waals surface area contributed by atoms with Crippen LogP contribution in [0.15, 0.2) is 12.1 Å². The zero-order valence-electron chi connectivity index (χ0n) is 7.20. The topological polar surface area (TPSA) is 0 Å². The molecule has 1 aromatic carbocycles. The fourth-order valence-corrected chi connectivity index (χ4v) is 1.80. The van der Waals surface area contributed by atoms with Crippen LogP contribution < -0.4 is 0 Å². The average molecular weight is 186 g/mol. The van der Waals surface area contributed by atoms with Gasteiger partial charge in [0, 0.05) is 12.8 Å². The van der Waals surface area contributed by atoms with Gasteiger partial charge in [0.2, 0.25) is 0 Å². The maximum Gasteiger partial charge on any atom is 0.256 e. The van der Waals surface area contributed by atoms with E-state index in [-0.39, 0.29) is 12.0 Å². The largest absolute Gasteiger partial charge is 0.256 e. The summed E-state index contributed by atoms with van der Waals surface area (Å²) in [6.45, 7) is 1.74. The van der Waals surface area contributed by atoms with E-state index < -0.39 is 18.2 Å². The number of benzene rings is 1. The van der Waals surface area contributed by atoms with E-state index in [1.54, 1.807) is 13.0 Å². The normalized spacial score (nSPS) is 18.8. The Bertz CT molecular complexity index is 322. The molecule has 0 atom stereocenters. The molecule has 0 spiro atoms. The summed E-state index contributed by atoms with van der Waals surface area (Å²) in [4.78, 5) is 0. The highest BCUT2D eigenvalue weighted by molar-refractivity contribution is 5.41. The predicted molar refractivity (Wildman–Crippen MR) is 43.5 cm³/mol. The molecule has 1 aliphatic carbocycles. The molecule has 0 amide bonds. The van der Waals surface area contributed by atoms with Crippen molar-refractivity contribution in [3.8, 4) is 0 Å². The van der Waals surface area contributed by atoms with Crippen molar-refractivity contribution in [2.45, 2.75) is 25.7 Å². The number of hydrogen-bond donors (Lipinski definition) is 0. The lowest BCUT2D eigenvalue weighted by Crippen LogP contribution is -2.15. The third kappa shape index (κ3) is 1.32. The first-order chi connectivity index (χ1) is 5.99. The minimum atomic E-state index is -2.75. The van der Waals surface area contributed by atoms with Gasteiger partial charge < -0.3 is 0 Å². The van der Waals surface area contributed by atoms with Gasteiger partial charge in [0.25, 0.3) is 5.92 Å². The second kappa shape index (κ2) is 2.50. The van der Waals surface area contributed by atoms with Crippen LogP contribution in [0.3, 0.4) is 0 Å². The van der Waals surface area contributed by atoms with Gasteiger partial charge >= 0.3 is 0 Å². The Labute approximate surface area is 74.4 Å². The summed E-state index contributed by atoms with van der Waals surface area (Å²) in [7, 11) is 0. The second-order valence-electron chi connectivity index (χ2n) is 3.53. The van der Waals surface area contributed by atoms with Crippen LogP contribution in [0.1, 0.15) is 16.7 Å². The Kier molecular flexibility index (Phi) is 1.65. The van der Waals surface area contributed by atoms with Crippen LogP contribution in [-0.4, -0.2) is 5.92 Å². The zero-order chi connectivity index (χ0) is 9.64. The van der Waals surface area contributed by atoms with E-state index in [1.807, 2.05) is 0 Å². The fourth-order valence-electron chi connectivity index (χ4n) is 1.80. The van der Waals surface area contributed by atoms with E-state index >= 15 is 0 Å².